The number of unbranched alkanes of at least 4 members (excludes halogenated alkanes) is 8. The van der Waals surface area contributed by atoms with Crippen LogP contribution < -0.4 is 0 Å². The quantitative estimate of drug-likeness (QED) is 0.276. The Labute approximate surface area is 121 Å². The van der Waals surface area contributed by atoms with Gasteiger partial charge in [-0.1, -0.05) is 44.8 Å². The van der Waals surface area contributed by atoms with E-state index < -0.39 is 0 Å². The van der Waals surface area contributed by atoms with Gasteiger partial charge in [-0.15, -0.1) is 13.2 Å². The lowest BCUT2D eigenvalue weighted by molar-refractivity contribution is 0.273. The predicted molar refractivity (Wildman–Crippen MR) is 88.7 cm³/mol. The van der Waals surface area contributed by atoms with E-state index >= 15 is 0 Å². The molecule has 0 atom stereocenters. The second-order valence-electron chi connectivity index (χ2n) is 5.42. The third kappa shape index (κ3) is 13.7. The van der Waals surface area contributed by atoms with Gasteiger partial charge in [0.2, 0.25) is 0 Å². The topological polar surface area (TPSA) is 3.24 Å². The first kappa shape index (κ1) is 18.4. The molecular formula is C18H35N. The highest BCUT2D eigenvalue weighted by Gasteiger charge is 2.01. The molecule has 0 unspecified atom stereocenters. The highest BCUT2D eigenvalue weighted by atomic mass is 15.1. The summed E-state index contributed by atoms with van der Waals surface area (Å²) in [6.07, 6.45) is 17.3. The van der Waals surface area contributed by atoms with E-state index in [1.165, 1.54) is 83.8 Å². The minimum atomic E-state index is 1.18. The summed E-state index contributed by atoms with van der Waals surface area (Å²) in [5, 5.41) is 0. The van der Waals surface area contributed by atoms with Gasteiger partial charge >= 0.3 is 0 Å². The zero-order chi connectivity index (χ0) is 14.2. The molecule has 0 heterocycles. The van der Waals surface area contributed by atoms with Crippen molar-refractivity contribution in [1.82, 2.24) is 4.90 Å². The standard InChI is InChI=1S/C18H35N/c1-4-7-9-11-13-15-17-19(6-3)18-16-14-12-10-8-5-2/h4-5H,1-2,6-18H2,3H3. The van der Waals surface area contributed by atoms with E-state index in [0.717, 1.165) is 0 Å². The summed E-state index contributed by atoms with van der Waals surface area (Å²) < 4.78 is 0. The molecule has 19 heavy (non-hydrogen) atoms. The average molecular weight is 265 g/mol. The first-order chi connectivity index (χ1) is 9.35. The van der Waals surface area contributed by atoms with E-state index in [4.69, 9.17) is 0 Å². The van der Waals surface area contributed by atoms with Gasteiger partial charge in [0.05, 0.1) is 0 Å². The van der Waals surface area contributed by atoms with Crippen LogP contribution in [0.1, 0.15) is 71.1 Å². The number of hydrogen-bond donors (Lipinski definition) is 0. The molecule has 0 aliphatic rings. The van der Waals surface area contributed by atoms with E-state index in [0.29, 0.717) is 0 Å². The summed E-state index contributed by atoms with van der Waals surface area (Å²) in [5.74, 6) is 0. The highest BCUT2D eigenvalue weighted by Crippen LogP contribution is 2.07. The molecule has 0 radical (unpaired) electrons. The Morgan fingerprint density at radius 3 is 1.47 bits per heavy atom. The van der Waals surface area contributed by atoms with Gasteiger partial charge in [0.25, 0.3) is 0 Å². The summed E-state index contributed by atoms with van der Waals surface area (Å²) in [4.78, 5) is 2.61. The molecule has 0 aromatic carbocycles. The smallest absolute Gasteiger partial charge is 0.00189 e. The van der Waals surface area contributed by atoms with Crippen molar-refractivity contribution < 1.29 is 0 Å². The highest BCUT2D eigenvalue weighted by molar-refractivity contribution is 4.66. The van der Waals surface area contributed by atoms with Gasteiger partial charge in [0, 0.05) is 0 Å². The summed E-state index contributed by atoms with van der Waals surface area (Å²) in [5.41, 5.74) is 0. The zero-order valence-electron chi connectivity index (χ0n) is 13.2. The van der Waals surface area contributed by atoms with Gasteiger partial charge in [-0.25, -0.2) is 0 Å². The van der Waals surface area contributed by atoms with Crippen LogP contribution in [0.4, 0.5) is 0 Å². The molecule has 0 spiro atoms. The summed E-state index contributed by atoms with van der Waals surface area (Å²) >= 11 is 0. The van der Waals surface area contributed by atoms with Gasteiger partial charge in [0.15, 0.2) is 0 Å². The van der Waals surface area contributed by atoms with Crippen LogP contribution in [0.25, 0.3) is 0 Å². The largest absolute Gasteiger partial charge is 0.304 e. The van der Waals surface area contributed by atoms with Crippen molar-refractivity contribution >= 4 is 0 Å². The molecule has 112 valence electrons. The van der Waals surface area contributed by atoms with Gasteiger partial charge in [-0.2, -0.15) is 0 Å². The van der Waals surface area contributed by atoms with Crippen LogP contribution in [0.3, 0.4) is 0 Å². The predicted octanol–water partition coefficient (Wildman–Crippen LogP) is 5.58. The molecule has 0 aromatic heterocycles. The lowest BCUT2D eigenvalue weighted by atomic mass is 10.1. The van der Waals surface area contributed by atoms with Crippen LogP contribution in [-0.4, -0.2) is 24.5 Å². The maximum absolute atomic E-state index is 3.77. The third-order valence-corrected chi connectivity index (χ3v) is 3.71. The van der Waals surface area contributed by atoms with E-state index in [1.807, 2.05) is 12.2 Å². The van der Waals surface area contributed by atoms with Gasteiger partial charge in [0.1, 0.15) is 0 Å². The second kappa shape index (κ2) is 15.5. The minimum Gasteiger partial charge on any atom is -0.304 e. The summed E-state index contributed by atoms with van der Waals surface area (Å²) in [6.45, 7) is 13.6. The fourth-order valence-corrected chi connectivity index (χ4v) is 2.38. The fourth-order valence-electron chi connectivity index (χ4n) is 2.38. The molecule has 0 fully saturated rings. The summed E-state index contributed by atoms with van der Waals surface area (Å²) in [7, 11) is 0. The van der Waals surface area contributed by atoms with Crippen molar-refractivity contribution in [3.63, 3.8) is 0 Å². The van der Waals surface area contributed by atoms with Crippen LogP contribution in [0.5, 0.6) is 0 Å². The number of rotatable bonds is 15. The molecule has 1 nitrogen and oxygen atoms in total. The maximum atomic E-state index is 3.77. The number of allylic oxidation sites excluding steroid dienone is 2. The van der Waals surface area contributed by atoms with Crippen LogP contribution in [0.15, 0.2) is 25.3 Å². The third-order valence-electron chi connectivity index (χ3n) is 3.71. The zero-order valence-corrected chi connectivity index (χ0v) is 13.2. The first-order valence-electron chi connectivity index (χ1n) is 8.29. The fraction of sp³-hybridized carbons (Fsp3) is 0.778. The SMILES string of the molecule is C=CCCCCCCN(CC)CCCCCCC=C. The molecule has 0 aromatic rings. The van der Waals surface area contributed by atoms with Crippen LogP contribution >= 0.6 is 0 Å². The number of hydrogen-bond acceptors (Lipinski definition) is 1. The molecule has 0 saturated heterocycles. The molecule has 0 saturated carbocycles. The maximum Gasteiger partial charge on any atom is -0.00189 e. The first-order valence-corrected chi connectivity index (χ1v) is 8.29. The molecule has 0 aliphatic heterocycles. The second-order valence-corrected chi connectivity index (χ2v) is 5.42. The molecule has 0 rings (SSSR count). The van der Waals surface area contributed by atoms with Crippen molar-refractivity contribution in [3.8, 4) is 0 Å². The van der Waals surface area contributed by atoms with Crippen LogP contribution in [0.2, 0.25) is 0 Å². The lowest BCUT2D eigenvalue weighted by Gasteiger charge is -2.20. The Morgan fingerprint density at radius 2 is 1.11 bits per heavy atom. The Hall–Kier alpha value is -0.560. The minimum absolute atomic E-state index is 1.18. The molecule has 0 N–H and O–H groups in total. The Bertz CT molecular complexity index is 178. The Kier molecular flexibility index (Phi) is 15.0. The van der Waals surface area contributed by atoms with E-state index in [2.05, 4.69) is 25.0 Å². The van der Waals surface area contributed by atoms with Gasteiger partial charge in [-0.05, 0) is 58.2 Å². The van der Waals surface area contributed by atoms with Crippen LogP contribution in [0, 0.1) is 0 Å². The Balaban J connectivity index is 3.34. The summed E-state index contributed by atoms with van der Waals surface area (Å²) in [6, 6.07) is 0. The van der Waals surface area contributed by atoms with E-state index in [1.54, 1.807) is 0 Å². The van der Waals surface area contributed by atoms with Crippen molar-refractivity contribution in [2.75, 3.05) is 19.6 Å². The van der Waals surface area contributed by atoms with Gasteiger partial charge in [-0.3, -0.25) is 0 Å². The molecule has 1 heteroatoms. The number of nitrogens with zero attached hydrogens (tertiary/aromatic N) is 1. The molecule has 0 bridgehead atoms. The van der Waals surface area contributed by atoms with E-state index in [9.17, 15) is 0 Å². The van der Waals surface area contributed by atoms with Crippen molar-refractivity contribution in [2.24, 2.45) is 0 Å². The van der Waals surface area contributed by atoms with Crippen molar-refractivity contribution in [3.05, 3.63) is 25.3 Å². The Morgan fingerprint density at radius 1 is 0.684 bits per heavy atom. The van der Waals surface area contributed by atoms with Gasteiger partial charge < -0.3 is 4.90 Å². The average Bonchev–Trinajstić information content (AvgIpc) is 2.44. The van der Waals surface area contributed by atoms with Crippen molar-refractivity contribution in [2.45, 2.75) is 71.1 Å². The molecular weight excluding hydrogens is 230 g/mol. The monoisotopic (exact) mass is 265 g/mol. The van der Waals surface area contributed by atoms with Crippen LogP contribution in [-0.2, 0) is 0 Å². The van der Waals surface area contributed by atoms with E-state index in [-0.39, 0.29) is 0 Å². The van der Waals surface area contributed by atoms with Crippen molar-refractivity contribution in [1.29, 1.82) is 0 Å². The lowest BCUT2D eigenvalue weighted by Crippen LogP contribution is -2.25. The molecule has 0 aliphatic carbocycles. The normalized spacial score (nSPS) is 10.8. The molecule has 0 amide bonds.